The standard InChI is InChI=1S/C7H3F5O.F2HOP/c8-3-2(1-13)4(9)6(11)7(12)5(3)10;1-4(2)3/h13H,1H2;3H. The van der Waals surface area contributed by atoms with Gasteiger partial charge in [0.1, 0.15) is 0 Å². The first kappa shape index (κ1) is 16.1. The second-order valence-corrected chi connectivity index (χ2v) is 2.85. The van der Waals surface area contributed by atoms with E-state index in [0.717, 1.165) is 0 Å². The van der Waals surface area contributed by atoms with E-state index in [0.29, 0.717) is 0 Å². The molecule has 0 atom stereocenters. The van der Waals surface area contributed by atoms with Crippen LogP contribution < -0.4 is 0 Å². The molecule has 0 amide bonds. The summed E-state index contributed by atoms with van der Waals surface area (Å²) < 4.78 is 81.9. The van der Waals surface area contributed by atoms with E-state index in [1.54, 1.807) is 0 Å². The van der Waals surface area contributed by atoms with Gasteiger partial charge in [-0.05, 0) is 0 Å². The fraction of sp³-hybridized carbons (Fsp3) is 0.143. The van der Waals surface area contributed by atoms with Crippen LogP contribution in [0.2, 0.25) is 0 Å². The highest BCUT2D eigenvalue weighted by Crippen LogP contribution is 2.31. The van der Waals surface area contributed by atoms with Gasteiger partial charge in [0.25, 0.3) is 0 Å². The van der Waals surface area contributed by atoms with Gasteiger partial charge in [-0.1, -0.05) is 0 Å². The maximum absolute atomic E-state index is 12.5. The lowest BCUT2D eigenvalue weighted by molar-refractivity contribution is 0.258. The molecule has 0 aliphatic heterocycles. The molecule has 98 valence electrons. The van der Waals surface area contributed by atoms with Crippen LogP contribution in [-0.2, 0) is 6.61 Å². The van der Waals surface area contributed by atoms with Crippen molar-refractivity contribution >= 4 is 8.77 Å². The fourth-order valence-corrected chi connectivity index (χ4v) is 0.789. The van der Waals surface area contributed by atoms with Crippen molar-refractivity contribution in [1.82, 2.24) is 0 Å². The Labute approximate surface area is 91.4 Å². The molecule has 0 radical (unpaired) electrons. The number of benzene rings is 1. The summed E-state index contributed by atoms with van der Waals surface area (Å²) in [7, 11) is -3.62. The van der Waals surface area contributed by atoms with Crippen molar-refractivity contribution in [3.05, 3.63) is 34.6 Å². The molecule has 2 N–H and O–H groups in total. The molecular formula is C7H4F7O2P. The van der Waals surface area contributed by atoms with Gasteiger partial charge in [0.2, 0.25) is 5.82 Å². The molecule has 1 aromatic rings. The van der Waals surface area contributed by atoms with Crippen LogP contribution in [0.1, 0.15) is 5.56 Å². The molecule has 0 unspecified atom stereocenters. The zero-order valence-corrected chi connectivity index (χ0v) is 8.59. The minimum Gasteiger partial charge on any atom is -0.391 e. The molecular weight excluding hydrogens is 280 g/mol. The van der Waals surface area contributed by atoms with Crippen LogP contribution in [0.4, 0.5) is 30.3 Å². The summed E-state index contributed by atoms with van der Waals surface area (Å²) in [6, 6.07) is 0. The Kier molecular flexibility index (Phi) is 6.36. The minimum absolute atomic E-state index is 1.23. The Morgan fingerprint density at radius 2 is 1.00 bits per heavy atom. The topological polar surface area (TPSA) is 40.5 Å². The van der Waals surface area contributed by atoms with E-state index >= 15 is 0 Å². The molecule has 1 rings (SSSR count). The molecule has 1 aromatic carbocycles. The number of hydrogen-bond acceptors (Lipinski definition) is 2. The van der Waals surface area contributed by atoms with Crippen LogP contribution in [0.15, 0.2) is 0 Å². The SMILES string of the molecule is OCc1c(F)c(F)c(F)c(F)c1F.OP(F)F. The monoisotopic (exact) mass is 284 g/mol. The fourth-order valence-electron chi connectivity index (χ4n) is 0.789. The summed E-state index contributed by atoms with van der Waals surface area (Å²) in [5.41, 5.74) is -1.23. The van der Waals surface area contributed by atoms with Gasteiger partial charge in [0.05, 0.1) is 12.2 Å². The normalized spacial score (nSPS) is 10.2. The van der Waals surface area contributed by atoms with Crippen molar-refractivity contribution in [2.45, 2.75) is 6.61 Å². The molecule has 0 aliphatic rings. The van der Waals surface area contributed by atoms with Gasteiger partial charge < -0.3 is 10.00 Å². The molecule has 17 heavy (non-hydrogen) atoms. The molecule has 0 saturated carbocycles. The van der Waals surface area contributed by atoms with E-state index in [2.05, 4.69) is 0 Å². The predicted octanol–water partition coefficient (Wildman–Crippen LogP) is 3.02. The van der Waals surface area contributed by atoms with Gasteiger partial charge in [0.15, 0.2) is 23.3 Å². The van der Waals surface area contributed by atoms with Gasteiger partial charge in [0, 0.05) is 0 Å². The molecule has 0 aliphatic carbocycles. The zero-order chi connectivity index (χ0) is 13.7. The van der Waals surface area contributed by atoms with Gasteiger partial charge in [-0.2, -0.15) is 8.39 Å². The number of rotatable bonds is 1. The van der Waals surface area contributed by atoms with Crippen molar-refractivity contribution < 1.29 is 40.3 Å². The Morgan fingerprint density at radius 1 is 0.765 bits per heavy atom. The lowest BCUT2D eigenvalue weighted by Crippen LogP contribution is -2.06. The van der Waals surface area contributed by atoms with Crippen LogP contribution in [0.5, 0.6) is 0 Å². The average Bonchev–Trinajstić information content (AvgIpc) is 2.24. The Hall–Kier alpha value is -0.920. The average molecular weight is 284 g/mol. The van der Waals surface area contributed by atoms with E-state index in [1.165, 1.54) is 0 Å². The highest BCUT2D eigenvalue weighted by atomic mass is 31.2. The van der Waals surface area contributed by atoms with Crippen molar-refractivity contribution in [1.29, 1.82) is 0 Å². The van der Waals surface area contributed by atoms with Crippen LogP contribution >= 0.6 is 8.77 Å². The van der Waals surface area contributed by atoms with E-state index < -0.39 is 50.0 Å². The summed E-state index contributed by atoms with van der Waals surface area (Å²) in [4.78, 5) is 6.79. The second-order valence-electron chi connectivity index (χ2n) is 2.42. The molecule has 0 saturated heterocycles. The third kappa shape index (κ3) is 4.10. The second kappa shape index (κ2) is 6.73. The van der Waals surface area contributed by atoms with E-state index in [9.17, 15) is 30.3 Å². The lowest BCUT2D eigenvalue weighted by atomic mass is 10.2. The Morgan fingerprint density at radius 3 is 1.24 bits per heavy atom. The maximum Gasteiger partial charge on any atom is 0.412 e. The first-order valence-corrected chi connectivity index (χ1v) is 4.73. The highest BCUT2D eigenvalue weighted by Gasteiger charge is 2.24. The van der Waals surface area contributed by atoms with Crippen molar-refractivity contribution in [2.24, 2.45) is 0 Å². The third-order valence-electron chi connectivity index (χ3n) is 1.46. The molecule has 0 aromatic heterocycles. The molecule has 0 heterocycles. The zero-order valence-electron chi connectivity index (χ0n) is 7.69. The van der Waals surface area contributed by atoms with Crippen LogP contribution in [-0.4, -0.2) is 10.00 Å². The summed E-state index contributed by atoms with van der Waals surface area (Å²) in [6.07, 6.45) is 0. The van der Waals surface area contributed by atoms with Crippen molar-refractivity contribution in [2.75, 3.05) is 0 Å². The molecule has 0 bridgehead atoms. The van der Waals surface area contributed by atoms with Gasteiger partial charge in [-0.15, -0.1) is 0 Å². The molecule has 2 nitrogen and oxygen atoms in total. The lowest BCUT2D eigenvalue weighted by Gasteiger charge is -2.04. The first-order chi connectivity index (χ1) is 7.73. The number of aliphatic hydroxyl groups is 1. The van der Waals surface area contributed by atoms with E-state index in [-0.39, 0.29) is 0 Å². The van der Waals surface area contributed by atoms with Crippen molar-refractivity contribution in [3.63, 3.8) is 0 Å². The predicted molar refractivity (Wildman–Crippen MR) is 43.5 cm³/mol. The summed E-state index contributed by atoms with van der Waals surface area (Å²) >= 11 is 0. The quantitative estimate of drug-likeness (QED) is 0.360. The molecule has 0 fully saturated rings. The van der Waals surface area contributed by atoms with E-state index in [4.69, 9.17) is 10.00 Å². The van der Waals surface area contributed by atoms with Crippen molar-refractivity contribution in [3.8, 4) is 0 Å². The Balaban J connectivity index is 0.000000557. The summed E-state index contributed by atoms with van der Waals surface area (Å²) in [5.74, 6) is -10.3. The van der Waals surface area contributed by atoms with Gasteiger partial charge >= 0.3 is 8.77 Å². The number of aliphatic hydroxyl groups excluding tert-OH is 1. The van der Waals surface area contributed by atoms with Crippen LogP contribution in [0, 0.1) is 29.1 Å². The van der Waals surface area contributed by atoms with Gasteiger partial charge in [-0.25, -0.2) is 22.0 Å². The third-order valence-corrected chi connectivity index (χ3v) is 1.46. The van der Waals surface area contributed by atoms with Crippen LogP contribution in [0.3, 0.4) is 0 Å². The number of hydrogen-bond donors (Lipinski definition) is 2. The van der Waals surface area contributed by atoms with E-state index in [1.807, 2.05) is 0 Å². The summed E-state index contributed by atoms with van der Waals surface area (Å²) in [5, 5.41) is 8.30. The largest absolute Gasteiger partial charge is 0.412 e. The summed E-state index contributed by atoms with van der Waals surface area (Å²) in [6.45, 7) is -1.24. The van der Waals surface area contributed by atoms with Crippen LogP contribution in [0.25, 0.3) is 0 Å². The minimum atomic E-state index is -3.62. The smallest absolute Gasteiger partial charge is 0.391 e. The highest BCUT2D eigenvalue weighted by molar-refractivity contribution is 7.39. The first-order valence-electron chi connectivity index (χ1n) is 3.65. The molecule has 10 heteroatoms. The Bertz CT molecular complexity index is 367. The molecule has 0 spiro atoms. The number of halogens is 7. The maximum atomic E-state index is 12.5. The van der Waals surface area contributed by atoms with Gasteiger partial charge in [-0.3, -0.25) is 0 Å².